The Morgan fingerprint density at radius 1 is 0.500 bits per heavy atom. The Balaban J connectivity index is 6.69. The van der Waals surface area contributed by atoms with E-state index in [1.165, 1.54) is 0 Å². The molecule has 0 nitrogen and oxygen atoms in total. The highest BCUT2D eigenvalue weighted by Crippen LogP contribution is 2.66. The molecule has 0 saturated heterocycles. The summed E-state index contributed by atoms with van der Waals surface area (Å²) in [5.41, 5.74) is -6.55. The first-order valence-electron chi connectivity index (χ1n) is 4.83. The first-order chi connectivity index (χ1) is 9.31. The molecule has 0 saturated carbocycles. The van der Waals surface area contributed by atoms with E-state index in [1.807, 2.05) is 0 Å². The molecule has 0 aromatic rings. The van der Waals surface area contributed by atoms with E-state index >= 15 is 0 Å². The van der Waals surface area contributed by atoms with Crippen molar-refractivity contribution < 1.29 is 57.1 Å². The molecule has 0 bridgehead atoms. The summed E-state index contributed by atoms with van der Waals surface area (Å²) < 4.78 is 162. The highest BCUT2D eigenvalue weighted by atomic mass is 127. The summed E-state index contributed by atoms with van der Waals surface area (Å²) in [5.74, 6) is -15.0. The Hall–Kier alpha value is -0.180. The fourth-order valence-corrected chi connectivity index (χ4v) is 2.35. The fraction of sp³-hybridized carbons (Fsp3) is 1.00. The second kappa shape index (κ2) is 5.72. The predicted octanol–water partition coefficient (Wildman–Crippen LogP) is 5.76. The van der Waals surface area contributed by atoms with Gasteiger partial charge in [0.15, 0.2) is 0 Å². The van der Waals surface area contributed by atoms with Crippen LogP contribution in [0.5, 0.6) is 0 Å². The van der Waals surface area contributed by atoms with Crippen LogP contribution in [0, 0.1) is 5.41 Å². The fourth-order valence-electron chi connectivity index (χ4n) is 1.54. The van der Waals surface area contributed by atoms with Gasteiger partial charge in [-0.15, -0.1) is 0 Å². The molecular formula is C8H4F13I. The average Bonchev–Trinajstić information content (AvgIpc) is 2.19. The quantitative estimate of drug-likeness (QED) is 0.277. The topological polar surface area (TPSA) is 0 Å². The van der Waals surface area contributed by atoms with Crippen LogP contribution in [0.2, 0.25) is 0 Å². The van der Waals surface area contributed by atoms with Crippen molar-refractivity contribution in [3.05, 3.63) is 0 Å². The molecule has 0 aliphatic carbocycles. The SMILES string of the molecule is FC(F)(F)C(F)(F)C(F)(F)C(CCI)(C(F)(F)F)C(F)(F)F. The lowest BCUT2D eigenvalue weighted by Gasteiger charge is -2.45. The number of rotatable bonds is 4. The Labute approximate surface area is 127 Å². The number of hydrogen-bond donors (Lipinski definition) is 0. The summed E-state index contributed by atoms with van der Waals surface area (Å²) in [7, 11) is 0. The molecule has 134 valence electrons. The lowest BCUT2D eigenvalue weighted by atomic mass is 9.74. The van der Waals surface area contributed by atoms with E-state index in [2.05, 4.69) is 0 Å². The third-order valence-corrected chi connectivity index (χ3v) is 3.26. The summed E-state index contributed by atoms with van der Waals surface area (Å²) in [6, 6.07) is 0. The van der Waals surface area contributed by atoms with Crippen LogP contribution >= 0.6 is 22.6 Å². The first-order valence-corrected chi connectivity index (χ1v) is 6.35. The largest absolute Gasteiger partial charge is 0.459 e. The van der Waals surface area contributed by atoms with E-state index in [0.29, 0.717) is 0 Å². The molecule has 0 N–H and O–H groups in total. The number of alkyl halides is 14. The molecule has 22 heavy (non-hydrogen) atoms. The standard InChI is InChI=1S/C8H4F13I/c9-4(10,5(11,12)8(19,20)21)3(1-2-22,6(13,14)15)7(16,17)18/h1-2H2. The molecule has 0 amide bonds. The van der Waals surface area contributed by atoms with Gasteiger partial charge in [0.1, 0.15) is 0 Å². The molecule has 14 heteroatoms. The summed E-state index contributed by atoms with van der Waals surface area (Å²) in [5, 5.41) is 0. The maximum absolute atomic E-state index is 13.3. The van der Waals surface area contributed by atoms with Crippen LogP contribution in [0.1, 0.15) is 6.42 Å². The minimum absolute atomic E-state index is 0.722. The second-order valence-corrected chi connectivity index (χ2v) is 5.07. The summed E-state index contributed by atoms with van der Waals surface area (Å²) >= 11 is 0.722. The zero-order chi connectivity index (χ0) is 18.4. The van der Waals surface area contributed by atoms with E-state index in [9.17, 15) is 57.1 Å². The molecular weight excluding hydrogens is 470 g/mol. The third-order valence-electron chi connectivity index (χ3n) is 2.72. The van der Waals surface area contributed by atoms with Gasteiger partial charge in [0.2, 0.25) is 5.41 Å². The van der Waals surface area contributed by atoms with Crippen LogP contribution < -0.4 is 0 Å². The molecule has 0 aliphatic heterocycles. The maximum Gasteiger partial charge on any atom is 0.459 e. The van der Waals surface area contributed by atoms with Crippen LogP contribution in [-0.2, 0) is 0 Å². The molecule has 0 aromatic carbocycles. The van der Waals surface area contributed by atoms with Crippen molar-refractivity contribution >= 4 is 22.6 Å². The van der Waals surface area contributed by atoms with E-state index in [4.69, 9.17) is 0 Å². The van der Waals surface area contributed by atoms with E-state index in [1.54, 1.807) is 0 Å². The summed E-state index contributed by atoms with van der Waals surface area (Å²) in [4.78, 5) is 0. The molecule has 0 rings (SSSR count). The molecule has 0 aromatic heterocycles. The van der Waals surface area contributed by atoms with Crippen molar-refractivity contribution in [1.29, 1.82) is 0 Å². The van der Waals surface area contributed by atoms with Crippen LogP contribution in [-0.4, -0.2) is 34.8 Å². The highest BCUT2D eigenvalue weighted by Gasteiger charge is 2.91. The van der Waals surface area contributed by atoms with Crippen molar-refractivity contribution in [2.75, 3.05) is 4.43 Å². The van der Waals surface area contributed by atoms with Gasteiger partial charge >= 0.3 is 30.4 Å². The van der Waals surface area contributed by atoms with Crippen LogP contribution in [0.25, 0.3) is 0 Å². The van der Waals surface area contributed by atoms with E-state index in [0.717, 1.165) is 22.6 Å². The van der Waals surface area contributed by atoms with Gasteiger partial charge in [-0.25, -0.2) is 0 Å². The van der Waals surface area contributed by atoms with Gasteiger partial charge in [0.05, 0.1) is 0 Å². The molecule has 0 fully saturated rings. The van der Waals surface area contributed by atoms with Crippen molar-refractivity contribution in [2.45, 2.75) is 36.8 Å². The van der Waals surface area contributed by atoms with Gasteiger partial charge in [-0.1, -0.05) is 22.6 Å². The van der Waals surface area contributed by atoms with E-state index in [-0.39, 0.29) is 0 Å². The summed E-state index contributed by atoms with van der Waals surface area (Å²) in [6.07, 6.45) is -24.2. The molecule has 0 aliphatic rings. The zero-order valence-electron chi connectivity index (χ0n) is 9.71. The number of hydrogen-bond acceptors (Lipinski definition) is 0. The first kappa shape index (κ1) is 21.8. The Bertz CT molecular complexity index is 372. The zero-order valence-corrected chi connectivity index (χ0v) is 11.9. The number of halogens is 14. The van der Waals surface area contributed by atoms with Gasteiger partial charge < -0.3 is 0 Å². The molecule has 0 unspecified atom stereocenters. The van der Waals surface area contributed by atoms with Gasteiger partial charge in [-0.05, 0) is 6.42 Å². The normalized spacial score (nSPS) is 16.1. The van der Waals surface area contributed by atoms with Crippen molar-refractivity contribution in [1.82, 2.24) is 0 Å². The van der Waals surface area contributed by atoms with Crippen molar-refractivity contribution in [2.24, 2.45) is 5.41 Å². The molecule has 0 radical (unpaired) electrons. The summed E-state index contributed by atoms with van der Waals surface area (Å²) in [6.45, 7) is 0. The minimum atomic E-state index is -7.54. The van der Waals surface area contributed by atoms with Crippen molar-refractivity contribution in [3.63, 3.8) is 0 Å². The van der Waals surface area contributed by atoms with Crippen LogP contribution in [0.3, 0.4) is 0 Å². The maximum atomic E-state index is 13.3. The van der Waals surface area contributed by atoms with Gasteiger partial charge in [-0.2, -0.15) is 57.1 Å². The van der Waals surface area contributed by atoms with Gasteiger partial charge in [0.25, 0.3) is 0 Å². The smallest absolute Gasteiger partial charge is 0.198 e. The van der Waals surface area contributed by atoms with Crippen LogP contribution in [0.15, 0.2) is 0 Å². The van der Waals surface area contributed by atoms with Gasteiger partial charge in [-0.3, -0.25) is 0 Å². The third kappa shape index (κ3) is 2.95. The predicted molar refractivity (Wildman–Crippen MR) is 54.0 cm³/mol. The van der Waals surface area contributed by atoms with Crippen molar-refractivity contribution in [3.8, 4) is 0 Å². The average molecular weight is 474 g/mol. The Morgan fingerprint density at radius 3 is 1.00 bits per heavy atom. The lowest BCUT2D eigenvalue weighted by molar-refractivity contribution is -0.460. The Morgan fingerprint density at radius 2 is 0.818 bits per heavy atom. The van der Waals surface area contributed by atoms with E-state index < -0.39 is 46.6 Å². The molecule has 0 atom stereocenters. The monoisotopic (exact) mass is 474 g/mol. The second-order valence-electron chi connectivity index (χ2n) is 3.99. The highest BCUT2D eigenvalue weighted by molar-refractivity contribution is 14.1. The lowest BCUT2D eigenvalue weighted by Crippen LogP contribution is -2.70. The minimum Gasteiger partial charge on any atom is -0.198 e. The molecule has 0 spiro atoms. The van der Waals surface area contributed by atoms with Crippen LogP contribution in [0.4, 0.5) is 57.1 Å². The van der Waals surface area contributed by atoms with Gasteiger partial charge in [0, 0.05) is 4.43 Å². The Kier molecular flexibility index (Phi) is 5.67. The molecule has 0 heterocycles.